The first-order valence-electron chi connectivity index (χ1n) is 8.84. The SMILES string of the molecule is CCn1ccn2c(=O)c(-c3cccc(C(F)(F)F)c3)c(O)[n+](Cc3cnc(Cl)s3)c12. The van der Waals surface area contributed by atoms with E-state index in [1.807, 2.05) is 6.92 Å². The Balaban J connectivity index is 2.01. The van der Waals surface area contributed by atoms with Crippen molar-refractivity contribution in [2.75, 3.05) is 0 Å². The van der Waals surface area contributed by atoms with Gasteiger partial charge >= 0.3 is 17.5 Å². The summed E-state index contributed by atoms with van der Waals surface area (Å²) in [5.41, 5.74) is -1.77. The second-order valence-corrected chi connectivity index (χ2v) is 8.20. The number of aromatic nitrogens is 4. The number of thiazole rings is 1. The number of hydrogen-bond donors (Lipinski definition) is 1. The average molecular weight is 456 g/mol. The van der Waals surface area contributed by atoms with Gasteiger partial charge in [0.15, 0.2) is 4.47 Å². The summed E-state index contributed by atoms with van der Waals surface area (Å²) in [6, 6.07) is 4.34. The first-order chi connectivity index (χ1) is 14.2. The summed E-state index contributed by atoms with van der Waals surface area (Å²) < 4.78 is 44.4. The topological polar surface area (TPSA) is 63.4 Å². The Bertz CT molecular complexity index is 1310. The predicted molar refractivity (Wildman–Crippen MR) is 106 cm³/mol. The molecule has 0 fully saturated rings. The van der Waals surface area contributed by atoms with Crippen LogP contribution in [0.1, 0.15) is 17.4 Å². The number of nitrogens with zero attached hydrogens (tertiary/aromatic N) is 4. The summed E-state index contributed by atoms with van der Waals surface area (Å²) in [4.78, 5) is 17.8. The molecule has 0 bridgehead atoms. The number of rotatable bonds is 4. The molecule has 30 heavy (non-hydrogen) atoms. The maximum Gasteiger partial charge on any atom is 0.416 e. The summed E-state index contributed by atoms with van der Waals surface area (Å²) in [6.07, 6.45) is 0.160. The van der Waals surface area contributed by atoms with E-state index in [2.05, 4.69) is 4.98 Å². The Morgan fingerprint density at radius 2 is 2.07 bits per heavy atom. The first kappa shape index (κ1) is 20.4. The lowest BCUT2D eigenvalue weighted by molar-refractivity contribution is -0.673. The first-order valence-corrected chi connectivity index (χ1v) is 10.0. The standard InChI is InChI=1S/C19H14ClF3N4O2S/c1-2-25-6-7-26-15(28)14(11-4-3-5-12(8-11)19(21,22)23)16(29)27(18(25)26)10-13-9-24-17(20)30-13/h3-9H,2,10H2,1H3/p+1. The number of halogens is 4. The van der Waals surface area contributed by atoms with Crippen LogP contribution in [0.5, 0.6) is 5.88 Å². The van der Waals surface area contributed by atoms with Gasteiger partial charge in [-0.15, -0.1) is 11.3 Å². The third kappa shape index (κ3) is 3.46. The number of benzene rings is 1. The third-order valence-electron chi connectivity index (χ3n) is 4.68. The van der Waals surface area contributed by atoms with Crippen LogP contribution in [0.3, 0.4) is 0 Å². The van der Waals surface area contributed by atoms with Crippen LogP contribution in [-0.2, 0) is 19.3 Å². The van der Waals surface area contributed by atoms with Crippen molar-refractivity contribution >= 4 is 28.7 Å². The second kappa shape index (κ2) is 7.44. The maximum absolute atomic E-state index is 13.2. The summed E-state index contributed by atoms with van der Waals surface area (Å²) >= 11 is 7.11. The zero-order chi connectivity index (χ0) is 21.6. The highest BCUT2D eigenvalue weighted by Crippen LogP contribution is 2.33. The van der Waals surface area contributed by atoms with Crippen molar-refractivity contribution in [1.29, 1.82) is 0 Å². The molecule has 0 atom stereocenters. The molecule has 0 unspecified atom stereocenters. The van der Waals surface area contributed by atoms with Gasteiger partial charge < -0.3 is 5.11 Å². The molecule has 4 aromatic rings. The van der Waals surface area contributed by atoms with Gasteiger partial charge in [0.1, 0.15) is 18.3 Å². The van der Waals surface area contributed by atoms with Crippen LogP contribution in [0.25, 0.3) is 16.9 Å². The van der Waals surface area contributed by atoms with Crippen LogP contribution in [0, 0.1) is 0 Å². The molecule has 6 nitrogen and oxygen atoms in total. The van der Waals surface area contributed by atoms with Crippen LogP contribution < -0.4 is 10.1 Å². The molecule has 0 saturated heterocycles. The predicted octanol–water partition coefficient (Wildman–Crippen LogP) is 3.96. The van der Waals surface area contributed by atoms with Crippen molar-refractivity contribution in [2.24, 2.45) is 0 Å². The van der Waals surface area contributed by atoms with E-state index in [0.717, 1.165) is 12.1 Å². The molecule has 0 amide bonds. The lowest BCUT2D eigenvalue weighted by Gasteiger charge is -2.12. The summed E-state index contributed by atoms with van der Waals surface area (Å²) in [5.74, 6) is -0.0440. The third-order valence-corrected chi connectivity index (χ3v) is 5.78. The highest BCUT2D eigenvalue weighted by molar-refractivity contribution is 7.15. The smallest absolute Gasteiger partial charge is 0.416 e. The Morgan fingerprint density at radius 1 is 1.30 bits per heavy atom. The Morgan fingerprint density at radius 3 is 2.70 bits per heavy atom. The van der Waals surface area contributed by atoms with Crippen molar-refractivity contribution in [2.45, 2.75) is 26.2 Å². The van der Waals surface area contributed by atoms with Crippen LogP contribution >= 0.6 is 22.9 Å². The molecule has 0 radical (unpaired) electrons. The largest absolute Gasteiger partial charge is 0.483 e. The normalized spacial score (nSPS) is 12.0. The number of fused-ring (bicyclic) bond motifs is 1. The van der Waals surface area contributed by atoms with E-state index in [1.54, 1.807) is 17.0 Å². The molecule has 0 aliphatic heterocycles. The van der Waals surface area contributed by atoms with E-state index in [9.17, 15) is 23.1 Å². The van der Waals surface area contributed by atoms with Crippen molar-refractivity contribution in [3.8, 4) is 17.0 Å². The molecular formula is C19H15ClF3N4O2S+. The Kier molecular flexibility index (Phi) is 5.07. The fraction of sp³-hybridized carbons (Fsp3) is 0.211. The van der Waals surface area contributed by atoms with Crippen molar-refractivity contribution < 1.29 is 22.8 Å². The maximum atomic E-state index is 13.2. The Hall–Kier alpha value is -2.85. The van der Waals surface area contributed by atoms with Crippen LogP contribution in [-0.4, -0.2) is 19.1 Å². The minimum atomic E-state index is -4.58. The van der Waals surface area contributed by atoms with E-state index in [4.69, 9.17) is 11.6 Å². The molecule has 1 N–H and O–H groups in total. The monoisotopic (exact) mass is 455 g/mol. The highest BCUT2D eigenvalue weighted by atomic mass is 35.5. The van der Waals surface area contributed by atoms with Gasteiger partial charge in [-0.1, -0.05) is 23.7 Å². The van der Waals surface area contributed by atoms with Gasteiger partial charge in [0.05, 0.1) is 23.2 Å². The molecule has 0 aliphatic carbocycles. The Labute approximate surface area is 177 Å². The molecule has 3 aromatic heterocycles. The molecule has 3 heterocycles. The van der Waals surface area contributed by atoms with Crippen LogP contribution in [0.2, 0.25) is 4.47 Å². The number of imidazole rings is 1. The van der Waals surface area contributed by atoms with E-state index in [1.165, 1.54) is 38.6 Å². The second-order valence-electron chi connectivity index (χ2n) is 6.50. The van der Waals surface area contributed by atoms with Gasteiger partial charge in [0.25, 0.3) is 5.88 Å². The van der Waals surface area contributed by atoms with Gasteiger partial charge in [0, 0.05) is 6.20 Å². The number of aryl methyl sites for hydroxylation is 1. The number of hydrogen-bond acceptors (Lipinski definition) is 4. The minimum absolute atomic E-state index is 0.0259. The van der Waals surface area contributed by atoms with E-state index < -0.39 is 23.2 Å². The summed E-state index contributed by atoms with van der Waals surface area (Å²) in [6.45, 7) is 2.52. The summed E-state index contributed by atoms with van der Waals surface area (Å²) in [7, 11) is 0. The molecule has 1 aromatic carbocycles. The molecule has 0 aliphatic rings. The van der Waals surface area contributed by atoms with Gasteiger partial charge in [-0.2, -0.15) is 22.1 Å². The molecule has 0 saturated carbocycles. The van der Waals surface area contributed by atoms with Crippen LogP contribution in [0.15, 0.2) is 47.7 Å². The number of aromatic hydroxyl groups is 1. The van der Waals surface area contributed by atoms with Gasteiger partial charge in [0.2, 0.25) is 0 Å². The van der Waals surface area contributed by atoms with E-state index in [-0.39, 0.29) is 17.7 Å². The zero-order valence-electron chi connectivity index (χ0n) is 15.5. The van der Waals surface area contributed by atoms with Gasteiger partial charge in [-0.05, 0) is 24.6 Å². The minimum Gasteiger partial charge on any atom is -0.483 e. The van der Waals surface area contributed by atoms with Crippen molar-refractivity contribution in [3.63, 3.8) is 0 Å². The fourth-order valence-corrected chi connectivity index (χ4v) is 4.28. The highest BCUT2D eigenvalue weighted by Gasteiger charge is 2.32. The van der Waals surface area contributed by atoms with Crippen molar-refractivity contribution in [1.82, 2.24) is 14.0 Å². The van der Waals surface area contributed by atoms with Crippen molar-refractivity contribution in [3.05, 3.63) is 68.1 Å². The van der Waals surface area contributed by atoms with Crippen LogP contribution in [0.4, 0.5) is 13.2 Å². The zero-order valence-corrected chi connectivity index (χ0v) is 17.1. The average Bonchev–Trinajstić information content (AvgIpc) is 3.31. The quantitative estimate of drug-likeness (QED) is 0.474. The molecule has 4 rings (SSSR count). The van der Waals surface area contributed by atoms with Gasteiger partial charge in [-0.25, -0.2) is 14.3 Å². The lowest BCUT2D eigenvalue weighted by atomic mass is 10.0. The molecule has 156 valence electrons. The lowest BCUT2D eigenvalue weighted by Crippen LogP contribution is -2.42. The van der Waals surface area contributed by atoms with E-state index in [0.29, 0.717) is 21.7 Å². The molecule has 0 spiro atoms. The molecule has 11 heteroatoms. The molecular weight excluding hydrogens is 441 g/mol. The number of alkyl halides is 3. The fourth-order valence-electron chi connectivity index (χ4n) is 3.32. The van der Waals surface area contributed by atoms with E-state index >= 15 is 0 Å². The van der Waals surface area contributed by atoms with Gasteiger partial charge in [-0.3, -0.25) is 0 Å². The summed E-state index contributed by atoms with van der Waals surface area (Å²) in [5, 5.41) is 11.0.